The highest BCUT2D eigenvalue weighted by Crippen LogP contribution is 2.16. The van der Waals surface area contributed by atoms with Crippen LogP contribution in [-0.4, -0.2) is 44.2 Å². The molecule has 0 unspecified atom stereocenters. The van der Waals surface area contributed by atoms with Gasteiger partial charge in [0.15, 0.2) is 0 Å². The molecule has 2 rings (SSSR count). The van der Waals surface area contributed by atoms with Crippen LogP contribution >= 0.6 is 0 Å². The zero-order valence-electron chi connectivity index (χ0n) is 11.5. The molecule has 1 aliphatic heterocycles. The first-order valence-electron chi connectivity index (χ1n) is 7.22. The van der Waals surface area contributed by atoms with E-state index in [0.717, 1.165) is 31.7 Å². The maximum atomic E-state index is 13.0. The van der Waals surface area contributed by atoms with Crippen LogP contribution in [0.15, 0.2) is 24.3 Å². The predicted molar refractivity (Wildman–Crippen MR) is 78.0 cm³/mol. The minimum atomic E-state index is -0.179. The second kappa shape index (κ2) is 7.46. The summed E-state index contributed by atoms with van der Waals surface area (Å²) in [6.45, 7) is 6.15. The Bertz CT molecular complexity index is 360. The summed E-state index contributed by atoms with van der Waals surface area (Å²) in [6.07, 6.45) is 3.61. The molecule has 1 aromatic carbocycles. The summed E-state index contributed by atoms with van der Waals surface area (Å²) in [4.78, 5) is 4.81. The molecule has 4 heteroatoms. The van der Waals surface area contributed by atoms with Gasteiger partial charge in [-0.1, -0.05) is 0 Å². The number of nitrogens with two attached hydrogens (primary N) is 1. The molecule has 3 nitrogen and oxygen atoms in total. The third kappa shape index (κ3) is 4.48. The molecule has 0 amide bonds. The second-order valence-corrected chi connectivity index (χ2v) is 5.15. The molecule has 1 fully saturated rings. The van der Waals surface area contributed by atoms with Crippen molar-refractivity contribution in [1.29, 1.82) is 0 Å². The van der Waals surface area contributed by atoms with Gasteiger partial charge in [0.05, 0.1) is 0 Å². The van der Waals surface area contributed by atoms with Gasteiger partial charge in [-0.25, -0.2) is 4.39 Å². The van der Waals surface area contributed by atoms with Crippen LogP contribution in [0.25, 0.3) is 0 Å². The summed E-state index contributed by atoms with van der Waals surface area (Å²) < 4.78 is 13.0. The van der Waals surface area contributed by atoms with Crippen molar-refractivity contribution in [3.8, 4) is 0 Å². The molecule has 0 saturated carbocycles. The maximum absolute atomic E-state index is 13.0. The fourth-order valence-electron chi connectivity index (χ4n) is 2.57. The molecule has 19 heavy (non-hydrogen) atoms. The number of halogens is 1. The van der Waals surface area contributed by atoms with Gasteiger partial charge in [-0.15, -0.1) is 0 Å². The van der Waals surface area contributed by atoms with Crippen LogP contribution in [0.5, 0.6) is 0 Å². The van der Waals surface area contributed by atoms with E-state index >= 15 is 0 Å². The SMILES string of the molecule is NCCCN(CCN1CCCC1)c1ccc(F)cc1. The van der Waals surface area contributed by atoms with Crippen LogP contribution in [0, 0.1) is 5.82 Å². The van der Waals surface area contributed by atoms with E-state index in [9.17, 15) is 4.39 Å². The number of benzene rings is 1. The first-order chi connectivity index (χ1) is 9.29. The molecule has 1 aliphatic rings. The van der Waals surface area contributed by atoms with E-state index in [2.05, 4.69) is 9.80 Å². The molecule has 0 spiro atoms. The average Bonchev–Trinajstić information content (AvgIpc) is 2.93. The van der Waals surface area contributed by atoms with E-state index in [4.69, 9.17) is 5.73 Å². The average molecular weight is 265 g/mol. The maximum Gasteiger partial charge on any atom is 0.123 e. The van der Waals surface area contributed by atoms with Gasteiger partial charge in [-0.3, -0.25) is 0 Å². The fraction of sp³-hybridized carbons (Fsp3) is 0.600. The Labute approximate surface area is 115 Å². The van der Waals surface area contributed by atoms with Gasteiger partial charge in [0.25, 0.3) is 0 Å². The smallest absolute Gasteiger partial charge is 0.123 e. The number of nitrogens with zero attached hydrogens (tertiary/aromatic N) is 2. The molecule has 0 atom stereocenters. The molecule has 1 heterocycles. The van der Waals surface area contributed by atoms with E-state index in [1.54, 1.807) is 0 Å². The molecule has 0 bridgehead atoms. The Morgan fingerprint density at radius 3 is 2.42 bits per heavy atom. The summed E-state index contributed by atoms with van der Waals surface area (Å²) in [5.41, 5.74) is 6.69. The van der Waals surface area contributed by atoms with Crippen molar-refractivity contribution in [3.63, 3.8) is 0 Å². The molecule has 106 valence electrons. The van der Waals surface area contributed by atoms with Crippen LogP contribution in [0.3, 0.4) is 0 Å². The summed E-state index contributed by atoms with van der Waals surface area (Å²) in [6, 6.07) is 6.77. The van der Waals surface area contributed by atoms with Gasteiger partial charge in [0.2, 0.25) is 0 Å². The third-order valence-corrected chi connectivity index (χ3v) is 3.71. The highest BCUT2D eigenvalue weighted by atomic mass is 19.1. The van der Waals surface area contributed by atoms with Gasteiger partial charge in [0, 0.05) is 25.3 Å². The Morgan fingerprint density at radius 2 is 1.79 bits per heavy atom. The van der Waals surface area contributed by atoms with Crippen molar-refractivity contribution in [2.75, 3.05) is 44.2 Å². The normalized spacial score (nSPS) is 15.9. The highest BCUT2D eigenvalue weighted by molar-refractivity contribution is 5.46. The third-order valence-electron chi connectivity index (χ3n) is 3.71. The van der Waals surface area contributed by atoms with Crippen molar-refractivity contribution < 1.29 is 4.39 Å². The van der Waals surface area contributed by atoms with Crippen molar-refractivity contribution in [1.82, 2.24) is 4.90 Å². The van der Waals surface area contributed by atoms with E-state index in [-0.39, 0.29) is 5.82 Å². The molecule has 0 aromatic heterocycles. The zero-order valence-corrected chi connectivity index (χ0v) is 11.5. The lowest BCUT2D eigenvalue weighted by Gasteiger charge is -2.27. The Morgan fingerprint density at radius 1 is 1.11 bits per heavy atom. The fourth-order valence-corrected chi connectivity index (χ4v) is 2.57. The quantitative estimate of drug-likeness (QED) is 0.819. The lowest BCUT2D eigenvalue weighted by Crippen LogP contribution is -2.35. The van der Waals surface area contributed by atoms with Gasteiger partial charge < -0.3 is 15.5 Å². The highest BCUT2D eigenvalue weighted by Gasteiger charge is 2.13. The summed E-state index contributed by atoms with van der Waals surface area (Å²) in [7, 11) is 0. The van der Waals surface area contributed by atoms with Crippen LogP contribution < -0.4 is 10.6 Å². The molecule has 1 aromatic rings. The molecule has 2 N–H and O–H groups in total. The molecule has 1 saturated heterocycles. The van der Waals surface area contributed by atoms with Crippen molar-refractivity contribution >= 4 is 5.69 Å². The number of rotatable bonds is 7. The summed E-state index contributed by atoms with van der Waals surface area (Å²) >= 11 is 0. The topological polar surface area (TPSA) is 32.5 Å². The summed E-state index contributed by atoms with van der Waals surface area (Å²) in [5, 5.41) is 0. The van der Waals surface area contributed by atoms with Crippen molar-refractivity contribution in [3.05, 3.63) is 30.1 Å². The zero-order chi connectivity index (χ0) is 13.5. The minimum absolute atomic E-state index is 0.179. The first-order valence-corrected chi connectivity index (χ1v) is 7.22. The Balaban J connectivity index is 1.91. The number of likely N-dealkylation sites (tertiary alicyclic amines) is 1. The number of hydrogen-bond donors (Lipinski definition) is 1. The standard InChI is InChI=1S/C15H24FN3/c16-14-4-6-15(7-5-14)19(11-3-8-17)13-12-18-9-1-2-10-18/h4-7H,1-3,8-13,17H2. The minimum Gasteiger partial charge on any atom is -0.370 e. The van der Waals surface area contributed by atoms with E-state index in [0.29, 0.717) is 6.54 Å². The molecule has 0 aliphatic carbocycles. The van der Waals surface area contributed by atoms with Crippen molar-refractivity contribution in [2.24, 2.45) is 5.73 Å². The first kappa shape index (κ1) is 14.3. The molecular weight excluding hydrogens is 241 g/mol. The Kier molecular flexibility index (Phi) is 5.61. The lowest BCUT2D eigenvalue weighted by atomic mass is 10.2. The van der Waals surface area contributed by atoms with Crippen LogP contribution in [0.4, 0.5) is 10.1 Å². The van der Waals surface area contributed by atoms with E-state index in [1.807, 2.05) is 12.1 Å². The van der Waals surface area contributed by atoms with Crippen LogP contribution in [-0.2, 0) is 0 Å². The largest absolute Gasteiger partial charge is 0.370 e. The monoisotopic (exact) mass is 265 g/mol. The Hall–Kier alpha value is -1.13. The lowest BCUT2D eigenvalue weighted by molar-refractivity contribution is 0.344. The van der Waals surface area contributed by atoms with E-state index < -0.39 is 0 Å². The van der Waals surface area contributed by atoms with Gasteiger partial charge in [-0.05, 0) is 63.2 Å². The molecular formula is C15H24FN3. The summed E-state index contributed by atoms with van der Waals surface area (Å²) in [5.74, 6) is -0.179. The van der Waals surface area contributed by atoms with Crippen LogP contribution in [0.2, 0.25) is 0 Å². The predicted octanol–water partition coefficient (Wildman–Crippen LogP) is 2.08. The van der Waals surface area contributed by atoms with Crippen molar-refractivity contribution in [2.45, 2.75) is 19.3 Å². The van der Waals surface area contributed by atoms with Gasteiger partial charge in [0.1, 0.15) is 5.82 Å². The van der Waals surface area contributed by atoms with Crippen LogP contribution in [0.1, 0.15) is 19.3 Å². The second-order valence-electron chi connectivity index (χ2n) is 5.15. The number of hydrogen-bond acceptors (Lipinski definition) is 3. The number of anilines is 1. The van der Waals surface area contributed by atoms with E-state index in [1.165, 1.54) is 38.1 Å². The van der Waals surface area contributed by atoms with Gasteiger partial charge in [-0.2, -0.15) is 0 Å². The molecule has 0 radical (unpaired) electrons. The van der Waals surface area contributed by atoms with Gasteiger partial charge >= 0.3 is 0 Å².